The SMILES string of the molecule is NC(=O)CCCNc1ccc(N)cc1C(F)F. The second-order valence-electron chi connectivity index (χ2n) is 3.64. The van der Waals surface area contributed by atoms with Crippen molar-refractivity contribution in [3.8, 4) is 0 Å². The Bertz CT molecular complexity index is 396. The highest BCUT2D eigenvalue weighted by molar-refractivity contribution is 5.73. The fourth-order valence-corrected chi connectivity index (χ4v) is 1.41. The number of alkyl halides is 2. The maximum atomic E-state index is 12.7. The first-order chi connectivity index (χ1) is 8.00. The molecule has 0 atom stereocenters. The summed E-state index contributed by atoms with van der Waals surface area (Å²) in [6.45, 7) is 0.409. The Morgan fingerprint density at radius 2 is 2.12 bits per heavy atom. The molecular formula is C11H15F2N3O. The minimum atomic E-state index is -2.59. The molecule has 0 bridgehead atoms. The smallest absolute Gasteiger partial charge is 0.265 e. The largest absolute Gasteiger partial charge is 0.399 e. The number of hydrogen-bond acceptors (Lipinski definition) is 3. The van der Waals surface area contributed by atoms with Crippen LogP contribution in [-0.4, -0.2) is 12.5 Å². The average Bonchev–Trinajstić information content (AvgIpc) is 2.25. The molecule has 0 aliphatic rings. The third-order valence-corrected chi connectivity index (χ3v) is 2.23. The van der Waals surface area contributed by atoms with E-state index < -0.39 is 12.3 Å². The molecule has 0 aromatic heterocycles. The maximum Gasteiger partial charge on any atom is 0.265 e. The topological polar surface area (TPSA) is 81.1 Å². The zero-order valence-corrected chi connectivity index (χ0v) is 9.25. The minimum Gasteiger partial charge on any atom is -0.399 e. The quantitative estimate of drug-likeness (QED) is 0.527. The number of rotatable bonds is 6. The summed E-state index contributed by atoms with van der Waals surface area (Å²) >= 11 is 0. The van der Waals surface area contributed by atoms with Crippen LogP contribution in [-0.2, 0) is 4.79 Å². The number of nitrogens with two attached hydrogens (primary N) is 2. The lowest BCUT2D eigenvalue weighted by atomic mass is 10.1. The molecule has 17 heavy (non-hydrogen) atoms. The Balaban J connectivity index is 2.61. The summed E-state index contributed by atoms with van der Waals surface area (Å²) in [6.07, 6.45) is -1.86. The van der Waals surface area contributed by atoms with Crippen LogP contribution >= 0.6 is 0 Å². The van der Waals surface area contributed by atoms with E-state index in [-0.39, 0.29) is 12.0 Å². The van der Waals surface area contributed by atoms with Gasteiger partial charge >= 0.3 is 0 Å². The Kier molecular flexibility index (Phi) is 4.68. The molecule has 0 aliphatic heterocycles. The van der Waals surface area contributed by atoms with Crippen molar-refractivity contribution in [3.63, 3.8) is 0 Å². The Morgan fingerprint density at radius 1 is 1.41 bits per heavy atom. The fraction of sp³-hybridized carbons (Fsp3) is 0.364. The van der Waals surface area contributed by atoms with Gasteiger partial charge in [0.1, 0.15) is 0 Å². The molecule has 0 saturated heterocycles. The van der Waals surface area contributed by atoms with Crippen LogP contribution in [0.2, 0.25) is 0 Å². The fourth-order valence-electron chi connectivity index (χ4n) is 1.41. The zero-order chi connectivity index (χ0) is 12.8. The third-order valence-electron chi connectivity index (χ3n) is 2.23. The number of carbonyl (C=O) groups is 1. The van der Waals surface area contributed by atoms with Gasteiger partial charge < -0.3 is 16.8 Å². The highest BCUT2D eigenvalue weighted by Crippen LogP contribution is 2.28. The van der Waals surface area contributed by atoms with E-state index in [9.17, 15) is 13.6 Å². The maximum absolute atomic E-state index is 12.7. The molecule has 5 N–H and O–H groups in total. The Labute approximate surface area is 98.0 Å². The summed E-state index contributed by atoms with van der Waals surface area (Å²) in [5, 5.41) is 2.83. The second-order valence-corrected chi connectivity index (χ2v) is 3.64. The summed E-state index contributed by atoms with van der Waals surface area (Å²) in [5.41, 5.74) is 10.9. The third kappa shape index (κ3) is 4.26. The van der Waals surface area contributed by atoms with Crippen LogP contribution in [0.4, 0.5) is 20.2 Å². The number of amides is 1. The van der Waals surface area contributed by atoms with Crippen molar-refractivity contribution in [2.24, 2.45) is 5.73 Å². The summed E-state index contributed by atoms with van der Waals surface area (Å²) in [7, 11) is 0. The van der Waals surface area contributed by atoms with Crippen molar-refractivity contribution in [3.05, 3.63) is 23.8 Å². The highest BCUT2D eigenvalue weighted by atomic mass is 19.3. The second kappa shape index (κ2) is 6.03. The summed E-state index contributed by atoms with van der Waals surface area (Å²) < 4.78 is 25.4. The minimum absolute atomic E-state index is 0.135. The van der Waals surface area contributed by atoms with E-state index in [4.69, 9.17) is 11.5 Å². The molecule has 94 valence electrons. The standard InChI is InChI=1S/C11H15F2N3O/c12-11(13)8-6-7(14)3-4-9(8)16-5-1-2-10(15)17/h3-4,6,11,16H,1-2,5,14H2,(H2,15,17). The molecule has 0 fully saturated rings. The van der Waals surface area contributed by atoms with Gasteiger partial charge in [0.15, 0.2) is 0 Å². The van der Waals surface area contributed by atoms with Gasteiger partial charge in [-0.25, -0.2) is 8.78 Å². The number of primary amides is 1. The molecule has 0 radical (unpaired) electrons. The van der Waals surface area contributed by atoms with Gasteiger partial charge in [-0.05, 0) is 24.6 Å². The Hall–Kier alpha value is -1.85. The number of carbonyl (C=O) groups excluding carboxylic acids is 1. The van der Waals surface area contributed by atoms with Crippen LogP contribution in [0, 0.1) is 0 Å². The molecule has 1 amide bonds. The van der Waals surface area contributed by atoms with E-state index in [1.165, 1.54) is 12.1 Å². The number of benzene rings is 1. The molecule has 4 nitrogen and oxygen atoms in total. The molecule has 1 aromatic rings. The van der Waals surface area contributed by atoms with Gasteiger partial charge in [-0.1, -0.05) is 0 Å². The lowest BCUT2D eigenvalue weighted by Gasteiger charge is -2.11. The van der Waals surface area contributed by atoms with Crippen molar-refractivity contribution >= 4 is 17.3 Å². The van der Waals surface area contributed by atoms with E-state index in [1.807, 2.05) is 0 Å². The molecular weight excluding hydrogens is 228 g/mol. The molecule has 0 heterocycles. The molecule has 6 heteroatoms. The van der Waals surface area contributed by atoms with Gasteiger partial charge in [0, 0.05) is 29.9 Å². The number of nitrogen functional groups attached to an aromatic ring is 1. The van der Waals surface area contributed by atoms with E-state index in [2.05, 4.69) is 5.32 Å². The van der Waals surface area contributed by atoms with Crippen molar-refractivity contribution in [2.45, 2.75) is 19.3 Å². The van der Waals surface area contributed by atoms with Crippen LogP contribution in [0.1, 0.15) is 24.8 Å². The normalized spacial score (nSPS) is 10.5. The molecule has 0 aliphatic carbocycles. The predicted octanol–water partition coefficient (Wildman–Crippen LogP) is 1.88. The van der Waals surface area contributed by atoms with E-state index in [0.717, 1.165) is 0 Å². The number of anilines is 2. The molecule has 1 rings (SSSR count). The lowest BCUT2D eigenvalue weighted by molar-refractivity contribution is -0.118. The summed E-state index contributed by atoms with van der Waals surface area (Å²) in [5.74, 6) is -0.404. The van der Waals surface area contributed by atoms with Gasteiger partial charge in [-0.15, -0.1) is 0 Å². The van der Waals surface area contributed by atoms with E-state index in [0.29, 0.717) is 24.3 Å². The first-order valence-corrected chi connectivity index (χ1v) is 5.20. The first-order valence-electron chi connectivity index (χ1n) is 5.20. The van der Waals surface area contributed by atoms with Crippen LogP contribution < -0.4 is 16.8 Å². The molecule has 0 spiro atoms. The predicted molar refractivity (Wildman–Crippen MR) is 62.7 cm³/mol. The highest BCUT2D eigenvalue weighted by Gasteiger charge is 2.12. The van der Waals surface area contributed by atoms with Gasteiger partial charge in [0.2, 0.25) is 5.91 Å². The van der Waals surface area contributed by atoms with Crippen molar-refractivity contribution in [2.75, 3.05) is 17.6 Å². The van der Waals surface area contributed by atoms with Gasteiger partial charge in [0.25, 0.3) is 6.43 Å². The van der Waals surface area contributed by atoms with Crippen molar-refractivity contribution in [1.29, 1.82) is 0 Å². The molecule has 0 unspecified atom stereocenters. The van der Waals surface area contributed by atoms with E-state index >= 15 is 0 Å². The van der Waals surface area contributed by atoms with Crippen molar-refractivity contribution in [1.82, 2.24) is 0 Å². The first kappa shape index (κ1) is 13.2. The van der Waals surface area contributed by atoms with E-state index in [1.54, 1.807) is 6.07 Å². The lowest BCUT2D eigenvalue weighted by Crippen LogP contribution is -2.13. The van der Waals surface area contributed by atoms with Crippen LogP contribution in [0.5, 0.6) is 0 Å². The van der Waals surface area contributed by atoms with Crippen LogP contribution in [0.15, 0.2) is 18.2 Å². The van der Waals surface area contributed by atoms with Gasteiger partial charge in [0.05, 0.1) is 0 Å². The van der Waals surface area contributed by atoms with Crippen LogP contribution in [0.25, 0.3) is 0 Å². The number of hydrogen-bond donors (Lipinski definition) is 3. The average molecular weight is 243 g/mol. The summed E-state index contributed by atoms with van der Waals surface area (Å²) in [6, 6.07) is 4.28. The molecule has 0 saturated carbocycles. The Morgan fingerprint density at radius 3 is 2.71 bits per heavy atom. The number of halogens is 2. The van der Waals surface area contributed by atoms with Gasteiger partial charge in [-0.2, -0.15) is 0 Å². The molecule has 1 aromatic carbocycles. The zero-order valence-electron chi connectivity index (χ0n) is 9.25. The van der Waals surface area contributed by atoms with Gasteiger partial charge in [-0.3, -0.25) is 4.79 Å². The van der Waals surface area contributed by atoms with Crippen LogP contribution in [0.3, 0.4) is 0 Å². The summed E-state index contributed by atoms with van der Waals surface area (Å²) in [4.78, 5) is 10.5. The monoisotopic (exact) mass is 243 g/mol. The number of nitrogens with one attached hydrogen (secondary N) is 1. The van der Waals surface area contributed by atoms with Crippen molar-refractivity contribution < 1.29 is 13.6 Å².